The maximum atomic E-state index is 12.9. The molecule has 6 nitrogen and oxygen atoms in total. The first-order valence-corrected chi connectivity index (χ1v) is 10.2. The summed E-state index contributed by atoms with van der Waals surface area (Å²) in [7, 11) is 0. The number of furan rings is 1. The van der Waals surface area contributed by atoms with Crippen molar-refractivity contribution in [1.82, 2.24) is 20.1 Å². The van der Waals surface area contributed by atoms with Crippen LogP contribution in [0, 0.1) is 12.3 Å². The normalized spacial score (nSPS) is 22.0. The number of aryl methyl sites for hydroxylation is 1. The molecule has 0 bridgehead atoms. The number of amides is 2. The molecule has 4 rings (SSSR count). The summed E-state index contributed by atoms with van der Waals surface area (Å²) in [5, 5.41) is 3.28. The lowest BCUT2D eigenvalue weighted by molar-refractivity contribution is 0.130. The Morgan fingerprint density at radius 1 is 1.25 bits per heavy atom. The number of nitrogens with one attached hydrogen (secondary N) is 1. The van der Waals surface area contributed by atoms with E-state index >= 15 is 0 Å². The molecular formula is C22H30N4O2. The van der Waals surface area contributed by atoms with E-state index in [4.69, 9.17) is 4.42 Å². The van der Waals surface area contributed by atoms with Crippen molar-refractivity contribution in [3.63, 3.8) is 0 Å². The van der Waals surface area contributed by atoms with Crippen molar-refractivity contribution in [1.29, 1.82) is 0 Å². The molecule has 150 valence electrons. The second kappa shape index (κ2) is 7.59. The Bertz CT molecular complexity index is 822. The molecule has 1 saturated heterocycles. The zero-order valence-corrected chi connectivity index (χ0v) is 17.1. The number of urea groups is 1. The third-order valence-electron chi connectivity index (χ3n) is 5.85. The minimum atomic E-state index is 0.0264. The van der Waals surface area contributed by atoms with Gasteiger partial charge in [-0.2, -0.15) is 0 Å². The van der Waals surface area contributed by atoms with Crippen LogP contribution in [0.4, 0.5) is 4.79 Å². The Morgan fingerprint density at radius 3 is 2.68 bits per heavy atom. The van der Waals surface area contributed by atoms with Crippen molar-refractivity contribution in [2.45, 2.75) is 46.2 Å². The molecule has 2 aromatic rings. The number of carbonyl (C=O) groups is 1. The van der Waals surface area contributed by atoms with Gasteiger partial charge in [-0.1, -0.05) is 13.8 Å². The van der Waals surface area contributed by atoms with Crippen molar-refractivity contribution >= 4 is 6.03 Å². The highest BCUT2D eigenvalue weighted by molar-refractivity contribution is 5.75. The Labute approximate surface area is 166 Å². The molecule has 6 heteroatoms. The lowest BCUT2D eigenvalue weighted by atomic mass is 9.75. The highest BCUT2D eigenvalue weighted by atomic mass is 16.3. The fourth-order valence-corrected chi connectivity index (χ4v) is 4.41. The van der Waals surface area contributed by atoms with E-state index < -0.39 is 0 Å². The van der Waals surface area contributed by atoms with Crippen LogP contribution in [-0.4, -0.2) is 47.0 Å². The second-order valence-corrected chi connectivity index (χ2v) is 8.90. The smallest absolute Gasteiger partial charge is 0.317 e. The minimum Gasteiger partial charge on any atom is -0.466 e. The monoisotopic (exact) mass is 382 g/mol. The number of aromatic nitrogens is 1. The highest BCUT2D eigenvalue weighted by Crippen LogP contribution is 2.42. The van der Waals surface area contributed by atoms with Crippen LogP contribution in [0.25, 0.3) is 0 Å². The van der Waals surface area contributed by atoms with Gasteiger partial charge in [0.15, 0.2) is 0 Å². The molecule has 0 saturated carbocycles. The molecule has 1 atom stereocenters. The van der Waals surface area contributed by atoms with Crippen LogP contribution in [0.3, 0.4) is 0 Å². The van der Waals surface area contributed by atoms with Gasteiger partial charge in [0.25, 0.3) is 0 Å². The van der Waals surface area contributed by atoms with E-state index in [1.807, 2.05) is 36.4 Å². The number of hydrogen-bond donors (Lipinski definition) is 1. The number of rotatable bonds is 3. The molecule has 3 heterocycles. The quantitative estimate of drug-likeness (QED) is 0.882. The molecule has 1 N–H and O–H groups in total. The molecule has 0 spiro atoms. The van der Waals surface area contributed by atoms with Gasteiger partial charge in [-0.3, -0.25) is 9.88 Å². The lowest BCUT2D eigenvalue weighted by Gasteiger charge is -2.38. The molecule has 1 aliphatic heterocycles. The Balaban J connectivity index is 1.35. The van der Waals surface area contributed by atoms with Gasteiger partial charge in [-0.15, -0.1) is 0 Å². The predicted molar refractivity (Wildman–Crippen MR) is 108 cm³/mol. The Morgan fingerprint density at radius 2 is 1.96 bits per heavy atom. The third kappa shape index (κ3) is 4.22. The number of piperazine rings is 1. The standard InChI is InChI=1S/C22H30N4O2/c1-16-12-18-19(13-22(2,3)14-20(18)28-16)24-21(27)26-10-8-25(9-11-26)15-17-4-6-23-7-5-17/h4-7,12,19H,8-11,13-15H2,1-3H3,(H,24,27)/t19-/m0/s1. The summed E-state index contributed by atoms with van der Waals surface area (Å²) in [6.45, 7) is 10.7. The summed E-state index contributed by atoms with van der Waals surface area (Å²) in [4.78, 5) is 21.3. The molecule has 0 unspecified atom stereocenters. The van der Waals surface area contributed by atoms with Crippen LogP contribution in [-0.2, 0) is 13.0 Å². The van der Waals surface area contributed by atoms with Gasteiger partial charge in [-0.05, 0) is 42.5 Å². The first-order valence-electron chi connectivity index (χ1n) is 10.2. The SMILES string of the molecule is Cc1cc2c(o1)CC(C)(C)C[C@@H]2NC(=O)N1CCN(Cc2ccncc2)CC1. The van der Waals surface area contributed by atoms with Crippen molar-refractivity contribution in [2.75, 3.05) is 26.2 Å². The number of fused-ring (bicyclic) bond motifs is 1. The first-order chi connectivity index (χ1) is 13.4. The zero-order chi connectivity index (χ0) is 19.7. The average molecular weight is 383 g/mol. The Kier molecular flexibility index (Phi) is 5.15. The molecular weight excluding hydrogens is 352 g/mol. The molecule has 2 amide bonds. The van der Waals surface area contributed by atoms with Crippen LogP contribution < -0.4 is 5.32 Å². The van der Waals surface area contributed by atoms with Crippen LogP contribution in [0.5, 0.6) is 0 Å². The number of pyridine rings is 1. The van der Waals surface area contributed by atoms with Gasteiger partial charge in [0, 0.05) is 57.1 Å². The predicted octanol–water partition coefficient (Wildman–Crippen LogP) is 3.52. The molecule has 2 aliphatic rings. The maximum Gasteiger partial charge on any atom is 0.317 e. The van der Waals surface area contributed by atoms with Crippen LogP contribution in [0.2, 0.25) is 0 Å². The first kappa shape index (κ1) is 19.0. The van der Waals surface area contributed by atoms with Crippen molar-refractivity contribution in [3.8, 4) is 0 Å². The van der Waals surface area contributed by atoms with Gasteiger partial charge >= 0.3 is 6.03 Å². The van der Waals surface area contributed by atoms with E-state index in [-0.39, 0.29) is 17.5 Å². The molecule has 28 heavy (non-hydrogen) atoms. The summed E-state index contributed by atoms with van der Waals surface area (Å²) in [6.07, 6.45) is 5.52. The minimum absolute atomic E-state index is 0.0264. The third-order valence-corrected chi connectivity index (χ3v) is 5.85. The summed E-state index contributed by atoms with van der Waals surface area (Å²) in [5.74, 6) is 1.95. The summed E-state index contributed by atoms with van der Waals surface area (Å²) < 4.78 is 5.89. The van der Waals surface area contributed by atoms with Gasteiger partial charge in [0.05, 0.1) is 6.04 Å². The topological polar surface area (TPSA) is 61.6 Å². The van der Waals surface area contributed by atoms with E-state index in [9.17, 15) is 4.79 Å². The van der Waals surface area contributed by atoms with Crippen molar-refractivity contribution in [2.24, 2.45) is 5.41 Å². The molecule has 0 radical (unpaired) electrons. The summed E-state index contributed by atoms with van der Waals surface area (Å²) in [6, 6.07) is 6.25. The molecule has 1 aliphatic carbocycles. The highest BCUT2D eigenvalue weighted by Gasteiger charge is 2.36. The fourth-order valence-electron chi connectivity index (χ4n) is 4.41. The van der Waals surface area contributed by atoms with E-state index in [2.05, 4.69) is 35.1 Å². The zero-order valence-electron chi connectivity index (χ0n) is 17.1. The Hall–Kier alpha value is -2.34. The summed E-state index contributed by atoms with van der Waals surface area (Å²) >= 11 is 0. The molecule has 0 aromatic carbocycles. The average Bonchev–Trinajstić information content (AvgIpc) is 3.02. The van der Waals surface area contributed by atoms with Gasteiger partial charge in [0.1, 0.15) is 11.5 Å². The van der Waals surface area contributed by atoms with E-state index in [0.717, 1.165) is 62.6 Å². The van der Waals surface area contributed by atoms with Crippen molar-refractivity contribution < 1.29 is 9.21 Å². The number of carbonyl (C=O) groups excluding carboxylic acids is 1. The second-order valence-electron chi connectivity index (χ2n) is 8.90. The molecule has 2 aromatic heterocycles. The van der Waals surface area contributed by atoms with Gasteiger partial charge < -0.3 is 14.6 Å². The van der Waals surface area contributed by atoms with E-state index in [0.29, 0.717) is 0 Å². The van der Waals surface area contributed by atoms with Crippen LogP contribution in [0.1, 0.15) is 49.0 Å². The largest absolute Gasteiger partial charge is 0.466 e. The summed E-state index contributed by atoms with van der Waals surface area (Å²) in [5.41, 5.74) is 2.54. The molecule has 1 fully saturated rings. The van der Waals surface area contributed by atoms with E-state index in [1.54, 1.807) is 0 Å². The van der Waals surface area contributed by atoms with Gasteiger partial charge in [0.2, 0.25) is 0 Å². The number of hydrogen-bond acceptors (Lipinski definition) is 4. The van der Waals surface area contributed by atoms with Gasteiger partial charge in [-0.25, -0.2) is 4.79 Å². The van der Waals surface area contributed by atoms with Crippen LogP contribution in [0.15, 0.2) is 35.0 Å². The van der Waals surface area contributed by atoms with Crippen molar-refractivity contribution in [3.05, 3.63) is 53.2 Å². The fraction of sp³-hybridized carbons (Fsp3) is 0.545. The van der Waals surface area contributed by atoms with E-state index in [1.165, 1.54) is 5.56 Å². The van der Waals surface area contributed by atoms with Crippen LogP contribution >= 0.6 is 0 Å². The lowest BCUT2D eigenvalue weighted by Crippen LogP contribution is -2.52. The maximum absolute atomic E-state index is 12.9. The number of nitrogens with zero attached hydrogens (tertiary/aromatic N) is 3.